The predicted molar refractivity (Wildman–Crippen MR) is 90.4 cm³/mol. The molecular weight excluding hydrogens is 378 g/mol. The highest BCUT2D eigenvalue weighted by molar-refractivity contribution is 9.10. The van der Waals surface area contributed by atoms with E-state index in [2.05, 4.69) is 31.5 Å². The van der Waals surface area contributed by atoms with Crippen LogP contribution in [0.25, 0.3) is 0 Å². The number of urea groups is 1. The number of rotatable bonds is 4. The molecule has 7 nitrogen and oxygen atoms in total. The number of anilines is 1. The molecule has 8 heteroatoms. The van der Waals surface area contributed by atoms with E-state index in [1.807, 2.05) is 0 Å². The average molecular weight is 392 g/mol. The van der Waals surface area contributed by atoms with Crippen molar-refractivity contribution in [2.75, 3.05) is 5.32 Å². The maximum absolute atomic E-state index is 11.9. The Morgan fingerprint density at radius 3 is 2.54 bits per heavy atom. The lowest BCUT2D eigenvalue weighted by molar-refractivity contribution is -0.127. The number of benzene rings is 1. The smallest absolute Gasteiger partial charge is 0.340 e. The van der Waals surface area contributed by atoms with E-state index >= 15 is 0 Å². The minimum Gasteiger partial charge on any atom is -0.449 e. The Labute approximate surface area is 146 Å². The minimum absolute atomic E-state index is 0.192. The Bertz CT molecular complexity index is 752. The zero-order valence-electron chi connectivity index (χ0n) is 12.7. The van der Waals surface area contributed by atoms with Gasteiger partial charge in [-0.15, -0.1) is 0 Å². The predicted octanol–water partition coefficient (Wildman–Crippen LogP) is 2.74. The van der Waals surface area contributed by atoms with Crippen molar-refractivity contribution in [1.82, 2.24) is 10.3 Å². The molecule has 0 saturated carbocycles. The molecular formula is C16H14BrN3O4. The maximum atomic E-state index is 11.9. The first-order valence-corrected chi connectivity index (χ1v) is 7.73. The highest BCUT2D eigenvalue weighted by Crippen LogP contribution is 2.11. The molecule has 0 spiro atoms. The van der Waals surface area contributed by atoms with Crippen molar-refractivity contribution < 1.29 is 19.1 Å². The van der Waals surface area contributed by atoms with Gasteiger partial charge in [0.1, 0.15) is 0 Å². The van der Waals surface area contributed by atoms with E-state index in [1.165, 1.54) is 25.4 Å². The van der Waals surface area contributed by atoms with Gasteiger partial charge in [-0.2, -0.15) is 0 Å². The van der Waals surface area contributed by atoms with Gasteiger partial charge >= 0.3 is 12.0 Å². The number of ether oxygens (including phenoxy) is 1. The number of hydrogen-bond acceptors (Lipinski definition) is 5. The second-order valence-electron chi connectivity index (χ2n) is 4.75. The molecule has 24 heavy (non-hydrogen) atoms. The van der Waals surface area contributed by atoms with Crippen LogP contribution in [0.15, 0.2) is 53.3 Å². The second kappa shape index (κ2) is 8.21. The summed E-state index contributed by atoms with van der Waals surface area (Å²) >= 11 is 3.19. The lowest BCUT2D eigenvalue weighted by atomic mass is 10.3. The van der Waals surface area contributed by atoms with Crippen LogP contribution >= 0.6 is 15.9 Å². The van der Waals surface area contributed by atoms with E-state index in [9.17, 15) is 14.4 Å². The number of pyridine rings is 1. The first-order valence-electron chi connectivity index (χ1n) is 6.94. The van der Waals surface area contributed by atoms with Crippen LogP contribution in [0.1, 0.15) is 17.3 Å². The molecule has 0 aliphatic carbocycles. The summed E-state index contributed by atoms with van der Waals surface area (Å²) in [4.78, 5) is 39.4. The van der Waals surface area contributed by atoms with Crippen LogP contribution in [-0.4, -0.2) is 29.0 Å². The van der Waals surface area contributed by atoms with Gasteiger partial charge in [0.2, 0.25) is 0 Å². The molecule has 1 aromatic heterocycles. The summed E-state index contributed by atoms with van der Waals surface area (Å²) in [5, 5.41) is 4.60. The van der Waals surface area contributed by atoms with E-state index in [4.69, 9.17) is 4.74 Å². The summed E-state index contributed by atoms with van der Waals surface area (Å²) in [6.07, 6.45) is 1.69. The molecule has 2 N–H and O–H groups in total. The topological polar surface area (TPSA) is 97.4 Å². The van der Waals surface area contributed by atoms with Crippen LogP contribution in [0, 0.1) is 0 Å². The number of esters is 1. The number of amides is 3. The minimum atomic E-state index is -1.14. The van der Waals surface area contributed by atoms with Gasteiger partial charge in [0.05, 0.1) is 5.56 Å². The standard InChI is InChI=1S/C16H14BrN3O4/c1-10(24-15(22)11-7-12(17)9-18-8-11)14(21)20-16(23)19-13-5-3-2-4-6-13/h2-10H,1H3,(H2,19,20,21,23). The fourth-order valence-electron chi connectivity index (χ4n) is 1.70. The molecule has 1 unspecified atom stereocenters. The Balaban J connectivity index is 1.87. The van der Waals surface area contributed by atoms with Crippen LogP contribution in [0.3, 0.4) is 0 Å². The van der Waals surface area contributed by atoms with Crippen molar-refractivity contribution in [1.29, 1.82) is 0 Å². The third-order valence-electron chi connectivity index (χ3n) is 2.86. The third kappa shape index (κ3) is 5.17. The summed E-state index contributed by atoms with van der Waals surface area (Å²) in [5.74, 6) is -1.45. The van der Waals surface area contributed by atoms with Crippen molar-refractivity contribution in [3.63, 3.8) is 0 Å². The van der Waals surface area contributed by atoms with E-state index < -0.39 is 24.0 Å². The quantitative estimate of drug-likeness (QED) is 0.780. The number of halogens is 1. The van der Waals surface area contributed by atoms with Gasteiger partial charge in [0.15, 0.2) is 6.10 Å². The van der Waals surface area contributed by atoms with Crippen molar-refractivity contribution in [3.8, 4) is 0 Å². The van der Waals surface area contributed by atoms with Gasteiger partial charge in [0, 0.05) is 22.6 Å². The Kier molecular flexibility index (Phi) is 6.02. The Morgan fingerprint density at radius 2 is 1.88 bits per heavy atom. The monoisotopic (exact) mass is 391 g/mol. The normalized spacial score (nSPS) is 11.2. The van der Waals surface area contributed by atoms with Crippen molar-refractivity contribution in [2.24, 2.45) is 0 Å². The van der Waals surface area contributed by atoms with E-state index in [0.29, 0.717) is 10.2 Å². The molecule has 1 atom stereocenters. The summed E-state index contributed by atoms with van der Waals surface area (Å²) in [6.45, 7) is 1.37. The van der Waals surface area contributed by atoms with Crippen LogP contribution in [0.5, 0.6) is 0 Å². The van der Waals surface area contributed by atoms with Crippen molar-refractivity contribution >= 4 is 39.5 Å². The van der Waals surface area contributed by atoms with Crippen LogP contribution in [0.4, 0.5) is 10.5 Å². The molecule has 0 fully saturated rings. The summed E-state index contributed by atoms with van der Waals surface area (Å²) in [7, 11) is 0. The van der Waals surface area contributed by atoms with E-state index in [0.717, 1.165) is 0 Å². The number of imide groups is 1. The number of nitrogens with one attached hydrogen (secondary N) is 2. The molecule has 0 aliphatic rings. The Morgan fingerprint density at radius 1 is 1.17 bits per heavy atom. The number of para-hydroxylation sites is 1. The van der Waals surface area contributed by atoms with Crippen molar-refractivity contribution in [2.45, 2.75) is 13.0 Å². The highest BCUT2D eigenvalue weighted by Gasteiger charge is 2.21. The first-order chi connectivity index (χ1) is 11.5. The molecule has 0 radical (unpaired) electrons. The summed E-state index contributed by atoms with van der Waals surface area (Å²) in [6, 6.07) is 9.44. The van der Waals surface area contributed by atoms with Gasteiger partial charge in [0.25, 0.3) is 5.91 Å². The molecule has 0 aliphatic heterocycles. The summed E-state index contributed by atoms with van der Waals surface area (Å²) in [5.41, 5.74) is 0.727. The molecule has 0 saturated heterocycles. The van der Waals surface area contributed by atoms with Gasteiger partial charge in [-0.25, -0.2) is 9.59 Å². The average Bonchev–Trinajstić information content (AvgIpc) is 2.55. The fraction of sp³-hybridized carbons (Fsp3) is 0.125. The zero-order chi connectivity index (χ0) is 17.5. The van der Waals surface area contributed by atoms with Gasteiger partial charge in [-0.1, -0.05) is 18.2 Å². The number of carbonyl (C=O) groups excluding carboxylic acids is 3. The largest absolute Gasteiger partial charge is 0.449 e. The molecule has 1 heterocycles. The third-order valence-corrected chi connectivity index (χ3v) is 3.30. The van der Waals surface area contributed by atoms with Crippen LogP contribution in [0.2, 0.25) is 0 Å². The highest BCUT2D eigenvalue weighted by atomic mass is 79.9. The van der Waals surface area contributed by atoms with Crippen LogP contribution < -0.4 is 10.6 Å². The molecule has 2 rings (SSSR count). The SMILES string of the molecule is CC(OC(=O)c1cncc(Br)c1)C(=O)NC(=O)Nc1ccccc1. The maximum Gasteiger partial charge on any atom is 0.340 e. The van der Waals surface area contributed by atoms with Gasteiger partial charge in [-0.05, 0) is 41.1 Å². The number of hydrogen-bond donors (Lipinski definition) is 2. The van der Waals surface area contributed by atoms with Gasteiger partial charge < -0.3 is 10.1 Å². The number of carbonyl (C=O) groups is 3. The summed E-state index contributed by atoms with van der Waals surface area (Å²) < 4.78 is 5.62. The van der Waals surface area contributed by atoms with E-state index in [1.54, 1.807) is 30.3 Å². The lowest BCUT2D eigenvalue weighted by Gasteiger charge is -2.13. The van der Waals surface area contributed by atoms with Gasteiger partial charge in [-0.3, -0.25) is 15.1 Å². The zero-order valence-corrected chi connectivity index (χ0v) is 14.2. The van der Waals surface area contributed by atoms with E-state index in [-0.39, 0.29) is 5.56 Å². The number of nitrogens with zero attached hydrogens (tertiary/aromatic N) is 1. The molecule has 1 aromatic carbocycles. The molecule has 124 valence electrons. The molecule has 3 amide bonds. The Hall–Kier alpha value is -2.74. The molecule has 2 aromatic rings. The molecule has 0 bridgehead atoms. The lowest BCUT2D eigenvalue weighted by Crippen LogP contribution is -2.41. The number of aromatic nitrogens is 1. The second-order valence-corrected chi connectivity index (χ2v) is 5.66. The fourth-order valence-corrected chi connectivity index (χ4v) is 2.07. The van der Waals surface area contributed by atoms with Crippen LogP contribution in [-0.2, 0) is 9.53 Å². The first kappa shape index (κ1) is 17.6. The van der Waals surface area contributed by atoms with Crippen molar-refractivity contribution in [3.05, 3.63) is 58.8 Å².